The van der Waals surface area contributed by atoms with Gasteiger partial charge in [-0.2, -0.15) is 0 Å². The van der Waals surface area contributed by atoms with Gasteiger partial charge in [-0.05, 0) is 44.1 Å². The average Bonchev–Trinajstić information content (AvgIpc) is 2.73. The van der Waals surface area contributed by atoms with Crippen LogP contribution in [0.5, 0.6) is 0 Å². The van der Waals surface area contributed by atoms with E-state index < -0.39 is 0 Å². The first-order chi connectivity index (χ1) is 13.7. The predicted octanol–water partition coefficient (Wildman–Crippen LogP) is 5.20. The molecule has 2 aromatic carbocycles. The van der Waals surface area contributed by atoms with E-state index in [1.165, 1.54) is 0 Å². The molecule has 144 valence electrons. The predicted molar refractivity (Wildman–Crippen MR) is 113 cm³/mol. The Morgan fingerprint density at radius 3 is 2.82 bits per heavy atom. The van der Waals surface area contributed by atoms with E-state index in [0.29, 0.717) is 16.3 Å². The van der Waals surface area contributed by atoms with Crippen molar-refractivity contribution in [2.75, 3.05) is 19.6 Å². The standard InChI is InChI=1S/C23H23ClN2O2/c1-2-26-13-7-8-16(15-26)28-23(27)19-14-22(18-10-3-5-11-20(18)24)25-21-12-6-4-9-17(19)21/h3-6,9-12,14,16H,2,7-8,13,15H2,1H3/t16-/m1/s1. The normalized spacial score (nSPS) is 17.6. The van der Waals surface area contributed by atoms with Crippen molar-refractivity contribution in [1.29, 1.82) is 0 Å². The van der Waals surface area contributed by atoms with Crippen LogP contribution in [-0.4, -0.2) is 41.6 Å². The molecule has 4 rings (SSSR count). The van der Waals surface area contributed by atoms with Gasteiger partial charge in [0.15, 0.2) is 0 Å². The Kier molecular flexibility index (Phi) is 5.60. The van der Waals surface area contributed by atoms with Gasteiger partial charge in [0.1, 0.15) is 6.10 Å². The van der Waals surface area contributed by atoms with E-state index in [0.717, 1.165) is 48.9 Å². The van der Waals surface area contributed by atoms with Gasteiger partial charge >= 0.3 is 5.97 Å². The van der Waals surface area contributed by atoms with E-state index >= 15 is 0 Å². The second-order valence-electron chi connectivity index (χ2n) is 7.11. The number of halogens is 1. The number of pyridine rings is 1. The van der Waals surface area contributed by atoms with Crippen LogP contribution in [0.1, 0.15) is 30.1 Å². The molecule has 3 aromatic rings. The topological polar surface area (TPSA) is 42.4 Å². The number of ether oxygens (including phenoxy) is 1. The first kappa shape index (κ1) is 18.9. The molecule has 0 unspecified atom stereocenters. The number of esters is 1. The van der Waals surface area contributed by atoms with Crippen LogP contribution < -0.4 is 0 Å². The largest absolute Gasteiger partial charge is 0.457 e. The Morgan fingerprint density at radius 1 is 1.21 bits per heavy atom. The van der Waals surface area contributed by atoms with Gasteiger partial charge in [-0.1, -0.05) is 54.9 Å². The fourth-order valence-corrected chi connectivity index (χ4v) is 4.00. The Hall–Kier alpha value is -2.43. The molecule has 1 fully saturated rings. The summed E-state index contributed by atoms with van der Waals surface area (Å²) in [6.45, 7) is 4.97. The molecular weight excluding hydrogens is 372 g/mol. The SMILES string of the molecule is CCN1CCC[C@@H](OC(=O)c2cc(-c3ccccc3Cl)nc3ccccc23)C1. The molecule has 0 amide bonds. The molecule has 0 saturated carbocycles. The van der Waals surface area contributed by atoms with Crippen molar-refractivity contribution in [3.8, 4) is 11.3 Å². The van der Waals surface area contributed by atoms with Crippen LogP contribution in [0.25, 0.3) is 22.2 Å². The summed E-state index contributed by atoms with van der Waals surface area (Å²) in [5.41, 5.74) is 2.77. The van der Waals surface area contributed by atoms with E-state index in [-0.39, 0.29) is 12.1 Å². The first-order valence-corrected chi connectivity index (χ1v) is 10.1. The maximum atomic E-state index is 13.1. The molecule has 1 aliphatic heterocycles. The lowest BCUT2D eigenvalue weighted by Gasteiger charge is -2.31. The summed E-state index contributed by atoms with van der Waals surface area (Å²) in [6.07, 6.45) is 1.88. The van der Waals surface area contributed by atoms with Crippen LogP contribution in [0.4, 0.5) is 0 Å². The van der Waals surface area contributed by atoms with Gasteiger partial charge in [0, 0.05) is 22.5 Å². The van der Waals surface area contributed by atoms with Crippen LogP contribution in [0.15, 0.2) is 54.6 Å². The number of aromatic nitrogens is 1. The lowest BCUT2D eigenvalue weighted by Crippen LogP contribution is -2.40. The molecule has 0 bridgehead atoms. The van der Waals surface area contributed by atoms with E-state index in [1.54, 1.807) is 6.07 Å². The number of nitrogens with zero attached hydrogens (tertiary/aromatic N) is 2. The molecule has 0 spiro atoms. The molecule has 5 heteroatoms. The van der Waals surface area contributed by atoms with E-state index in [9.17, 15) is 4.79 Å². The Bertz CT molecular complexity index is 1000. The number of likely N-dealkylation sites (N-methyl/N-ethyl adjacent to an activating group) is 1. The number of rotatable bonds is 4. The van der Waals surface area contributed by atoms with Crippen molar-refractivity contribution in [3.63, 3.8) is 0 Å². The molecule has 1 aromatic heterocycles. The van der Waals surface area contributed by atoms with Crippen molar-refractivity contribution in [2.24, 2.45) is 0 Å². The third-order valence-corrected chi connectivity index (χ3v) is 5.60. The van der Waals surface area contributed by atoms with Crippen molar-refractivity contribution in [1.82, 2.24) is 9.88 Å². The quantitative estimate of drug-likeness (QED) is 0.570. The van der Waals surface area contributed by atoms with Crippen LogP contribution in [0, 0.1) is 0 Å². The fourth-order valence-electron chi connectivity index (χ4n) is 3.76. The molecule has 2 heterocycles. The van der Waals surface area contributed by atoms with Gasteiger partial charge in [0.05, 0.1) is 16.8 Å². The monoisotopic (exact) mass is 394 g/mol. The Balaban J connectivity index is 1.71. The van der Waals surface area contributed by atoms with Crippen LogP contribution >= 0.6 is 11.6 Å². The third kappa shape index (κ3) is 3.89. The van der Waals surface area contributed by atoms with E-state index in [2.05, 4.69) is 11.8 Å². The zero-order valence-corrected chi connectivity index (χ0v) is 16.7. The molecule has 4 nitrogen and oxygen atoms in total. The third-order valence-electron chi connectivity index (χ3n) is 5.27. The first-order valence-electron chi connectivity index (χ1n) is 9.73. The maximum absolute atomic E-state index is 13.1. The fraction of sp³-hybridized carbons (Fsp3) is 0.304. The maximum Gasteiger partial charge on any atom is 0.339 e. The summed E-state index contributed by atoms with van der Waals surface area (Å²) in [4.78, 5) is 20.1. The molecular formula is C23H23ClN2O2. The number of carbonyl (C=O) groups excluding carboxylic acids is 1. The van der Waals surface area contributed by atoms with E-state index in [4.69, 9.17) is 21.3 Å². The highest BCUT2D eigenvalue weighted by Gasteiger charge is 2.24. The molecule has 0 N–H and O–H groups in total. The second-order valence-corrected chi connectivity index (χ2v) is 7.52. The lowest BCUT2D eigenvalue weighted by molar-refractivity contribution is 0.00794. The number of piperidine rings is 1. The second kappa shape index (κ2) is 8.29. The van der Waals surface area contributed by atoms with Crippen molar-refractivity contribution in [3.05, 3.63) is 65.2 Å². The molecule has 1 aliphatic rings. The van der Waals surface area contributed by atoms with Crippen LogP contribution in [-0.2, 0) is 4.74 Å². The number of fused-ring (bicyclic) bond motifs is 1. The Labute approximate surface area is 170 Å². The van der Waals surface area contributed by atoms with Crippen molar-refractivity contribution >= 4 is 28.5 Å². The summed E-state index contributed by atoms with van der Waals surface area (Å²) in [5, 5.41) is 1.40. The van der Waals surface area contributed by atoms with Gasteiger partial charge in [-0.3, -0.25) is 4.90 Å². The molecule has 28 heavy (non-hydrogen) atoms. The molecule has 1 saturated heterocycles. The summed E-state index contributed by atoms with van der Waals surface area (Å²) in [6, 6.07) is 17.0. The number of likely N-dealkylation sites (tertiary alicyclic amines) is 1. The van der Waals surface area contributed by atoms with Gasteiger partial charge in [0.2, 0.25) is 0 Å². The number of hydrogen-bond donors (Lipinski definition) is 0. The van der Waals surface area contributed by atoms with Crippen LogP contribution in [0.2, 0.25) is 5.02 Å². The number of para-hydroxylation sites is 1. The summed E-state index contributed by atoms with van der Waals surface area (Å²) < 4.78 is 5.90. The molecule has 1 atom stereocenters. The highest BCUT2D eigenvalue weighted by molar-refractivity contribution is 6.33. The van der Waals surface area contributed by atoms with Crippen molar-refractivity contribution in [2.45, 2.75) is 25.9 Å². The molecule has 0 aliphatic carbocycles. The van der Waals surface area contributed by atoms with Gasteiger partial charge < -0.3 is 4.74 Å². The van der Waals surface area contributed by atoms with Gasteiger partial charge in [-0.15, -0.1) is 0 Å². The summed E-state index contributed by atoms with van der Waals surface area (Å²) in [5.74, 6) is -0.296. The minimum Gasteiger partial charge on any atom is -0.457 e. The summed E-state index contributed by atoms with van der Waals surface area (Å²) >= 11 is 6.37. The minimum atomic E-state index is -0.296. The minimum absolute atomic E-state index is 0.0723. The van der Waals surface area contributed by atoms with Gasteiger partial charge in [0.25, 0.3) is 0 Å². The van der Waals surface area contributed by atoms with Crippen molar-refractivity contribution < 1.29 is 9.53 Å². The number of benzene rings is 2. The van der Waals surface area contributed by atoms with Gasteiger partial charge in [-0.25, -0.2) is 9.78 Å². The lowest BCUT2D eigenvalue weighted by atomic mass is 10.0. The highest BCUT2D eigenvalue weighted by atomic mass is 35.5. The smallest absolute Gasteiger partial charge is 0.339 e. The summed E-state index contributed by atoms with van der Waals surface area (Å²) in [7, 11) is 0. The van der Waals surface area contributed by atoms with E-state index in [1.807, 2.05) is 48.5 Å². The Morgan fingerprint density at radius 2 is 2.00 bits per heavy atom. The number of hydrogen-bond acceptors (Lipinski definition) is 4. The highest BCUT2D eigenvalue weighted by Crippen LogP contribution is 2.30. The number of carbonyl (C=O) groups is 1. The average molecular weight is 395 g/mol. The zero-order valence-electron chi connectivity index (χ0n) is 15.9. The van der Waals surface area contributed by atoms with Crippen LogP contribution in [0.3, 0.4) is 0 Å². The zero-order chi connectivity index (χ0) is 19.5. The molecule has 0 radical (unpaired) electrons.